The molecule has 0 fully saturated rings. The van der Waals surface area contributed by atoms with Crippen LogP contribution in [-0.4, -0.2) is 15.0 Å². The van der Waals surface area contributed by atoms with E-state index < -0.39 is 0 Å². The molecule has 0 saturated carbocycles. The van der Waals surface area contributed by atoms with Crippen molar-refractivity contribution in [3.8, 4) is 67.5 Å². The van der Waals surface area contributed by atoms with Crippen molar-refractivity contribution in [3.63, 3.8) is 0 Å². The van der Waals surface area contributed by atoms with E-state index in [1.54, 1.807) is 0 Å². The van der Waals surface area contributed by atoms with Gasteiger partial charge < -0.3 is 0 Å². The summed E-state index contributed by atoms with van der Waals surface area (Å²) in [7, 11) is 0. The van der Waals surface area contributed by atoms with Gasteiger partial charge in [0, 0.05) is 21.2 Å². The van der Waals surface area contributed by atoms with Gasteiger partial charge in [-0.2, -0.15) is 0 Å². The molecule has 7 rings (SSSR count). The van der Waals surface area contributed by atoms with Crippen LogP contribution in [-0.2, 0) is 0 Å². The molecule has 6 aromatic carbocycles. The zero-order chi connectivity index (χ0) is 29.0. The third-order valence-corrected chi connectivity index (χ3v) is 7.91. The van der Waals surface area contributed by atoms with Gasteiger partial charge in [-0.1, -0.05) is 155 Å². The van der Waals surface area contributed by atoms with Gasteiger partial charge in [-0.3, -0.25) is 0 Å². The van der Waals surface area contributed by atoms with Crippen molar-refractivity contribution in [1.82, 2.24) is 15.0 Å². The van der Waals surface area contributed by atoms with E-state index in [1.807, 2.05) is 42.5 Å². The fourth-order valence-corrected chi connectivity index (χ4v) is 5.55. The standard InChI is InChI=1S/C39H26BrN3/c40-36-16-8-14-34(26-36)30-19-17-29(18-20-30)33-13-7-15-35(25-33)39-42-37(31-11-5-2-6-12-31)41-38(43-39)32-23-21-28(22-24-32)27-9-3-1-4-10-27/h1-26H. The fourth-order valence-electron chi connectivity index (χ4n) is 5.15. The van der Waals surface area contributed by atoms with Crippen molar-refractivity contribution < 1.29 is 0 Å². The average Bonchev–Trinajstić information content (AvgIpc) is 3.09. The quantitative estimate of drug-likeness (QED) is 0.187. The van der Waals surface area contributed by atoms with E-state index in [2.05, 4.69) is 131 Å². The highest BCUT2D eigenvalue weighted by molar-refractivity contribution is 9.10. The van der Waals surface area contributed by atoms with E-state index >= 15 is 0 Å². The van der Waals surface area contributed by atoms with Crippen LogP contribution in [0.3, 0.4) is 0 Å². The van der Waals surface area contributed by atoms with Gasteiger partial charge in [-0.15, -0.1) is 0 Å². The second kappa shape index (κ2) is 12.0. The van der Waals surface area contributed by atoms with Crippen LogP contribution in [0.2, 0.25) is 0 Å². The fraction of sp³-hybridized carbons (Fsp3) is 0. The Labute approximate surface area is 259 Å². The minimum absolute atomic E-state index is 0.642. The molecule has 0 aliphatic rings. The van der Waals surface area contributed by atoms with Crippen LogP contribution >= 0.6 is 15.9 Å². The van der Waals surface area contributed by atoms with Crippen LogP contribution in [0, 0.1) is 0 Å². The Hall–Kier alpha value is -5.19. The lowest BCUT2D eigenvalue weighted by Gasteiger charge is -2.10. The van der Waals surface area contributed by atoms with Gasteiger partial charge in [0.15, 0.2) is 17.5 Å². The van der Waals surface area contributed by atoms with E-state index in [-0.39, 0.29) is 0 Å². The lowest BCUT2D eigenvalue weighted by Crippen LogP contribution is -2.00. The summed E-state index contributed by atoms with van der Waals surface area (Å²) in [4.78, 5) is 14.8. The number of hydrogen-bond donors (Lipinski definition) is 0. The Bertz CT molecular complexity index is 2000. The maximum atomic E-state index is 4.97. The Morgan fingerprint density at radius 3 is 1.19 bits per heavy atom. The van der Waals surface area contributed by atoms with Crippen molar-refractivity contribution in [1.29, 1.82) is 0 Å². The molecular formula is C39H26BrN3. The summed E-state index contributed by atoms with van der Waals surface area (Å²) in [6.07, 6.45) is 0. The third-order valence-electron chi connectivity index (χ3n) is 7.41. The number of halogens is 1. The van der Waals surface area contributed by atoms with Crippen LogP contribution in [0.25, 0.3) is 67.5 Å². The van der Waals surface area contributed by atoms with Gasteiger partial charge in [0.2, 0.25) is 0 Å². The van der Waals surface area contributed by atoms with Crippen LogP contribution in [0.15, 0.2) is 162 Å². The molecule has 0 saturated heterocycles. The van der Waals surface area contributed by atoms with Crippen LogP contribution in [0.4, 0.5) is 0 Å². The predicted octanol–water partition coefficient (Wildman–Crippen LogP) is 10.6. The van der Waals surface area contributed by atoms with Crippen LogP contribution in [0.5, 0.6) is 0 Å². The van der Waals surface area contributed by atoms with Gasteiger partial charge in [-0.25, -0.2) is 15.0 Å². The lowest BCUT2D eigenvalue weighted by molar-refractivity contribution is 1.07. The molecular weight excluding hydrogens is 590 g/mol. The highest BCUT2D eigenvalue weighted by Crippen LogP contribution is 2.31. The number of aromatic nitrogens is 3. The first kappa shape index (κ1) is 26.7. The Morgan fingerprint density at radius 1 is 0.279 bits per heavy atom. The van der Waals surface area contributed by atoms with Crippen molar-refractivity contribution in [2.24, 2.45) is 0 Å². The van der Waals surface area contributed by atoms with E-state index in [1.165, 1.54) is 16.7 Å². The van der Waals surface area contributed by atoms with Gasteiger partial charge in [0.25, 0.3) is 0 Å². The molecule has 0 spiro atoms. The highest BCUT2D eigenvalue weighted by Gasteiger charge is 2.13. The van der Waals surface area contributed by atoms with E-state index in [0.717, 1.165) is 37.9 Å². The summed E-state index contributed by atoms with van der Waals surface area (Å²) < 4.78 is 1.07. The molecule has 1 aromatic heterocycles. The lowest BCUT2D eigenvalue weighted by atomic mass is 9.99. The minimum atomic E-state index is 0.642. The number of nitrogens with zero attached hydrogens (tertiary/aromatic N) is 3. The van der Waals surface area contributed by atoms with E-state index in [9.17, 15) is 0 Å². The van der Waals surface area contributed by atoms with Gasteiger partial charge in [-0.05, 0) is 51.6 Å². The molecule has 1 heterocycles. The predicted molar refractivity (Wildman–Crippen MR) is 180 cm³/mol. The monoisotopic (exact) mass is 615 g/mol. The van der Waals surface area contributed by atoms with Crippen molar-refractivity contribution in [3.05, 3.63) is 162 Å². The van der Waals surface area contributed by atoms with Gasteiger partial charge >= 0.3 is 0 Å². The normalized spacial score (nSPS) is 10.9. The molecule has 0 bridgehead atoms. The molecule has 0 aliphatic heterocycles. The molecule has 7 aromatic rings. The first-order valence-electron chi connectivity index (χ1n) is 14.1. The molecule has 0 aliphatic carbocycles. The molecule has 0 radical (unpaired) electrons. The van der Waals surface area contributed by atoms with E-state index in [4.69, 9.17) is 15.0 Å². The molecule has 43 heavy (non-hydrogen) atoms. The minimum Gasteiger partial charge on any atom is -0.208 e. The molecule has 0 amide bonds. The number of rotatable bonds is 6. The van der Waals surface area contributed by atoms with Crippen molar-refractivity contribution in [2.75, 3.05) is 0 Å². The van der Waals surface area contributed by atoms with Crippen molar-refractivity contribution >= 4 is 15.9 Å². The maximum Gasteiger partial charge on any atom is 0.164 e. The maximum absolute atomic E-state index is 4.97. The molecule has 4 heteroatoms. The molecule has 0 unspecified atom stereocenters. The first-order valence-corrected chi connectivity index (χ1v) is 14.9. The third kappa shape index (κ3) is 5.92. The van der Waals surface area contributed by atoms with Gasteiger partial charge in [0.05, 0.1) is 0 Å². The average molecular weight is 617 g/mol. The number of benzene rings is 6. The SMILES string of the molecule is Brc1cccc(-c2ccc(-c3cccc(-c4nc(-c5ccccc5)nc(-c5ccc(-c6ccccc6)cc5)n4)c3)cc2)c1. The second-order valence-electron chi connectivity index (χ2n) is 10.3. The zero-order valence-electron chi connectivity index (χ0n) is 23.2. The molecule has 0 atom stereocenters. The molecule has 204 valence electrons. The van der Waals surface area contributed by atoms with E-state index in [0.29, 0.717) is 17.5 Å². The second-order valence-corrected chi connectivity index (χ2v) is 11.2. The summed E-state index contributed by atoms with van der Waals surface area (Å²) >= 11 is 3.58. The first-order chi connectivity index (χ1) is 21.2. The number of hydrogen-bond acceptors (Lipinski definition) is 3. The van der Waals surface area contributed by atoms with Crippen LogP contribution in [0.1, 0.15) is 0 Å². The summed E-state index contributed by atoms with van der Waals surface area (Å²) in [5.74, 6) is 1.94. The van der Waals surface area contributed by atoms with Gasteiger partial charge in [0.1, 0.15) is 0 Å². The summed E-state index contributed by atoms with van der Waals surface area (Å²) in [5, 5.41) is 0. The summed E-state index contributed by atoms with van der Waals surface area (Å²) in [5.41, 5.74) is 9.76. The Morgan fingerprint density at radius 2 is 0.628 bits per heavy atom. The van der Waals surface area contributed by atoms with Crippen LogP contribution < -0.4 is 0 Å². The Balaban J connectivity index is 1.26. The molecule has 0 N–H and O–H groups in total. The summed E-state index contributed by atoms with van der Waals surface area (Å²) in [6.45, 7) is 0. The zero-order valence-corrected chi connectivity index (χ0v) is 24.8. The Kier molecular flexibility index (Phi) is 7.43. The van der Waals surface area contributed by atoms with Crippen molar-refractivity contribution in [2.45, 2.75) is 0 Å². The molecule has 3 nitrogen and oxygen atoms in total. The smallest absolute Gasteiger partial charge is 0.164 e. The topological polar surface area (TPSA) is 38.7 Å². The largest absolute Gasteiger partial charge is 0.208 e. The highest BCUT2D eigenvalue weighted by atomic mass is 79.9. The summed E-state index contributed by atoms with van der Waals surface area (Å²) in [6, 6.07) is 54.3.